The second kappa shape index (κ2) is 6.03. The van der Waals surface area contributed by atoms with Gasteiger partial charge in [-0.05, 0) is 12.8 Å². The minimum atomic E-state index is -0.0623. The number of rotatable bonds is 4. The van der Waals surface area contributed by atoms with E-state index in [0.29, 0.717) is 18.5 Å². The molecular formula is C14H21N3O3. The van der Waals surface area contributed by atoms with Crippen molar-refractivity contribution in [3.63, 3.8) is 0 Å². The van der Waals surface area contributed by atoms with Crippen molar-refractivity contribution in [3.8, 4) is 5.88 Å². The molecule has 6 nitrogen and oxygen atoms in total. The summed E-state index contributed by atoms with van der Waals surface area (Å²) >= 11 is 0. The van der Waals surface area contributed by atoms with Crippen LogP contribution in [0.5, 0.6) is 5.88 Å². The zero-order valence-electron chi connectivity index (χ0n) is 11.8. The predicted molar refractivity (Wildman–Crippen MR) is 72.6 cm³/mol. The average molecular weight is 279 g/mol. The second-order valence-electron chi connectivity index (χ2n) is 5.46. The first kappa shape index (κ1) is 13.7. The fourth-order valence-electron chi connectivity index (χ4n) is 2.97. The molecule has 1 spiro atoms. The first-order valence-electron chi connectivity index (χ1n) is 7.09. The van der Waals surface area contributed by atoms with Crippen LogP contribution >= 0.6 is 0 Å². The molecule has 20 heavy (non-hydrogen) atoms. The average Bonchev–Trinajstić information content (AvgIpc) is 2.93. The molecule has 3 rings (SSSR count). The normalized spacial score (nSPS) is 29.8. The van der Waals surface area contributed by atoms with Crippen LogP contribution in [0.4, 0.5) is 0 Å². The van der Waals surface area contributed by atoms with Crippen LogP contribution in [0.15, 0.2) is 12.5 Å². The molecule has 2 atom stereocenters. The van der Waals surface area contributed by atoms with E-state index in [-0.39, 0.29) is 5.60 Å². The van der Waals surface area contributed by atoms with Gasteiger partial charge >= 0.3 is 0 Å². The molecular weight excluding hydrogens is 258 g/mol. The van der Waals surface area contributed by atoms with Crippen molar-refractivity contribution in [1.82, 2.24) is 15.3 Å². The summed E-state index contributed by atoms with van der Waals surface area (Å²) in [4.78, 5) is 8.17. The smallest absolute Gasteiger partial charge is 0.220 e. The molecule has 2 fully saturated rings. The standard InChI is InChI=1S/C14H21N3O3/c1-18-13-11(7-15-10-17-13)8-16-12-2-4-20-14(6-12)3-5-19-9-14/h7,10,12,16H,2-6,8-9H2,1H3. The van der Waals surface area contributed by atoms with Gasteiger partial charge in [0.2, 0.25) is 5.88 Å². The van der Waals surface area contributed by atoms with Gasteiger partial charge in [-0.3, -0.25) is 0 Å². The molecule has 0 bridgehead atoms. The lowest BCUT2D eigenvalue weighted by molar-refractivity contribution is -0.0894. The van der Waals surface area contributed by atoms with Gasteiger partial charge in [0.05, 0.1) is 19.3 Å². The van der Waals surface area contributed by atoms with E-state index in [1.165, 1.54) is 6.33 Å². The van der Waals surface area contributed by atoms with Gasteiger partial charge in [-0.1, -0.05) is 0 Å². The molecule has 0 aliphatic carbocycles. The quantitative estimate of drug-likeness (QED) is 0.884. The van der Waals surface area contributed by atoms with Gasteiger partial charge in [-0.15, -0.1) is 0 Å². The minimum Gasteiger partial charge on any atom is -0.481 e. The Balaban J connectivity index is 1.58. The van der Waals surface area contributed by atoms with Crippen LogP contribution < -0.4 is 10.1 Å². The zero-order valence-corrected chi connectivity index (χ0v) is 11.8. The van der Waals surface area contributed by atoms with Crippen molar-refractivity contribution < 1.29 is 14.2 Å². The van der Waals surface area contributed by atoms with Crippen LogP contribution in [0.1, 0.15) is 24.8 Å². The third kappa shape index (κ3) is 2.92. The number of ether oxygens (including phenoxy) is 3. The Kier molecular flexibility index (Phi) is 4.14. The Morgan fingerprint density at radius 3 is 3.25 bits per heavy atom. The summed E-state index contributed by atoms with van der Waals surface area (Å²) in [6.45, 7) is 3.05. The van der Waals surface area contributed by atoms with Gasteiger partial charge < -0.3 is 19.5 Å². The maximum absolute atomic E-state index is 5.94. The molecule has 1 aromatic rings. The summed E-state index contributed by atoms with van der Waals surface area (Å²) in [5.74, 6) is 0.637. The van der Waals surface area contributed by atoms with Crippen LogP contribution in [0.2, 0.25) is 0 Å². The maximum atomic E-state index is 5.94. The molecule has 0 radical (unpaired) electrons. The van der Waals surface area contributed by atoms with Gasteiger partial charge in [0, 0.05) is 44.0 Å². The van der Waals surface area contributed by atoms with Crippen LogP contribution in [0.25, 0.3) is 0 Å². The number of aromatic nitrogens is 2. The molecule has 2 aliphatic heterocycles. The van der Waals surface area contributed by atoms with E-state index in [9.17, 15) is 0 Å². The third-order valence-corrected chi connectivity index (χ3v) is 4.08. The third-order valence-electron chi connectivity index (χ3n) is 4.08. The SMILES string of the molecule is COc1ncncc1CNC1CCOC2(CCOC2)C1. The molecule has 2 saturated heterocycles. The first-order chi connectivity index (χ1) is 9.81. The molecule has 110 valence electrons. The topological polar surface area (TPSA) is 65.5 Å². The molecule has 1 N–H and O–H groups in total. The van der Waals surface area contributed by atoms with Crippen molar-refractivity contribution in [2.45, 2.75) is 37.5 Å². The van der Waals surface area contributed by atoms with Crippen molar-refractivity contribution in [2.24, 2.45) is 0 Å². The summed E-state index contributed by atoms with van der Waals surface area (Å²) in [5.41, 5.74) is 0.922. The fourth-order valence-corrected chi connectivity index (χ4v) is 2.97. The summed E-state index contributed by atoms with van der Waals surface area (Å²) in [6, 6.07) is 0.440. The molecule has 0 aromatic carbocycles. The Bertz CT molecular complexity index is 449. The summed E-state index contributed by atoms with van der Waals surface area (Å²) in [5, 5.41) is 3.57. The second-order valence-corrected chi connectivity index (χ2v) is 5.46. The first-order valence-corrected chi connectivity index (χ1v) is 7.09. The van der Waals surface area contributed by atoms with Crippen LogP contribution in [-0.2, 0) is 16.0 Å². The maximum Gasteiger partial charge on any atom is 0.220 e. The number of hydrogen-bond donors (Lipinski definition) is 1. The fraction of sp³-hybridized carbons (Fsp3) is 0.714. The summed E-state index contributed by atoms with van der Waals surface area (Å²) in [6.07, 6.45) is 6.33. The number of methoxy groups -OCH3 is 1. The van der Waals surface area contributed by atoms with E-state index in [0.717, 1.165) is 44.6 Å². The molecule has 0 amide bonds. The highest BCUT2D eigenvalue weighted by Gasteiger charge is 2.40. The van der Waals surface area contributed by atoms with Crippen LogP contribution in [-0.4, -0.2) is 48.5 Å². The van der Waals surface area contributed by atoms with Crippen LogP contribution in [0, 0.1) is 0 Å². The Morgan fingerprint density at radius 1 is 1.50 bits per heavy atom. The Labute approximate surface area is 118 Å². The zero-order chi connectivity index (χ0) is 13.8. The van der Waals surface area contributed by atoms with Crippen molar-refractivity contribution >= 4 is 0 Å². The number of nitrogens with one attached hydrogen (secondary N) is 1. The van der Waals surface area contributed by atoms with Crippen molar-refractivity contribution in [1.29, 1.82) is 0 Å². The lowest BCUT2D eigenvalue weighted by atomic mass is 9.89. The highest BCUT2D eigenvalue weighted by Crippen LogP contribution is 2.33. The van der Waals surface area contributed by atoms with Gasteiger partial charge in [0.25, 0.3) is 0 Å². The summed E-state index contributed by atoms with van der Waals surface area (Å²) in [7, 11) is 1.63. The lowest BCUT2D eigenvalue weighted by Crippen LogP contribution is -2.47. The van der Waals surface area contributed by atoms with E-state index in [4.69, 9.17) is 14.2 Å². The van der Waals surface area contributed by atoms with E-state index in [1.807, 2.05) is 0 Å². The van der Waals surface area contributed by atoms with Crippen LogP contribution in [0.3, 0.4) is 0 Å². The largest absolute Gasteiger partial charge is 0.481 e. The monoisotopic (exact) mass is 279 g/mol. The molecule has 1 aromatic heterocycles. The molecule has 3 heterocycles. The minimum absolute atomic E-state index is 0.0623. The van der Waals surface area contributed by atoms with Gasteiger partial charge in [-0.2, -0.15) is 0 Å². The predicted octanol–water partition coefficient (Wildman–Crippen LogP) is 0.913. The van der Waals surface area contributed by atoms with E-state index >= 15 is 0 Å². The van der Waals surface area contributed by atoms with Gasteiger partial charge in [0.1, 0.15) is 6.33 Å². The highest BCUT2D eigenvalue weighted by molar-refractivity contribution is 5.21. The lowest BCUT2D eigenvalue weighted by Gasteiger charge is -2.37. The van der Waals surface area contributed by atoms with Gasteiger partial charge in [0.15, 0.2) is 0 Å². The molecule has 0 saturated carbocycles. The van der Waals surface area contributed by atoms with E-state index in [2.05, 4.69) is 15.3 Å². The van der Waals surface area contributed by atoms with Crippen molar-refractivity contribution in [2.75, 3.05) is 26.9 Å². The highest BCUT2D eigenvalue weighted by atomic mass is 16.6. The van der Waals surface area contributed by atoms with E-state index < -0.39 is 0 Å². The van der Waals surface area contributed by atoms with Crippen molar-refractivity contribution in [3.05, 3.63) is 18.1 Å². The van der Waals surface area contributed by atoms with E-state index in [1.54, 1.807) is 13.3 Å². The Hall–Kier alpha value is -1.24. The molecule has 2 aliphatic rings. The molecule has 6 heteroatoms. The molecule has 2 unspecified atom stereocenters. The summed E-state index contributed by atoms with van der Waals surface area (Å²) < 4.78 is 16.7. The number of hydrogen-bond acceptors (Lipinski definition) is 6. The van der Waals surface area contributed by atoms with Gasteiger partial charge in [-0.25, -0.2) is 9.97 Å². The number of nitrogens with zero attached hydrogens (tertiary/aromatic N) is 2. The Morgan fingerprint density at radius 2 is 2.45 bits per heavy atom.